The molecule has 0 aliphatic rings. The number of nitrogen functional groups attached to an aromatic ring is 1. The molecule has 0 saturated heterocycles. The van der Waals surface area contributed by atoms with Crippen molar-refractivity contribution in [3.63, 3.8) is 0 Å². The fraction of sp³-hybridized carbons (Fsp3) is 0.0667. The second kappa shape index (κ2) is 5.24. The lowest BCUT2D eigenvalue weighted by Gasteiger charge is -2.10. The van der Waals surface area contributed by atoms with Gasteiger partial charge in [-0.05, 0) is 24.3 Å². The second-order valence-corrected chi connectivity index (χ2v) is 4.44. The zero-order chi connectivity index (χ0) is 14.8. The normalized spacial score (nSPS) is 10.6. The van der Waals surface area contributed by atoms with Crippen molar-refractivity contribution >= 4 is 5.82 Å². The number of ether oxygens (including phenoxy) is 1. The van der Waals surface area contributed by atoms with Crippen LogP contribution in [0.15, 0.2) is 49.1 Å². The predicted molar refractivity (Wildman–Crippen MR) is 77.7 cm³/mol. The second-order valence-electron chi connectivity index (χ2n) is 4.44. The highest BCUT2D eigenvalue weighted by atomic mass is 19.1. The van der Waals surface area contributed by atoms with Gasteiger partial charge in [0.05, 0.1) is 31.0 Å². The number of methoxy groups -OCH3 is 1. The van der Waals surface area contributed by atoms with Gasteiger partial charge in [0.1, 0.15) is 5.82 Å². The van der Waals surface area contributed by atoms with Gasteiger partial charge in [0, 0.05) is 17.8 Å². The monoisotopic (exact) mass is 284 g/mol. The number of hydrogen-bond donors (Lipinski definition) is 1. The predicted octanol–water partition coefficient (Wildman–Crippen LogP) is 2.66. The smallest absolute Gasteiger partial charge is 0.165 e. The Morgan fingerprint density at radius 1 is 1.19 bits per heavy atom. The number of nitrogens with two attached hydrogens (primary N) is 1. The van der Waals surface area contributed by atoms with Crippen LogP contribution in [0.3, 0.4) is 0 Å². The molecule has 3 rings (SSSR count). The SMILES string of the molecule is COc1cc(-n2cncc2-c2ccc(N)nc2)ccc1F. The molecule has 0 aliphatic heterocycles. The van der Waals surface area contributed by atoms with Gasteiger partial charge in [0.2, 0.25) is 0 Å². The highest BCUT2D eigenvalue weighted by molar-refractivity contribution is 5.62. The number of aromatic nitrogens is 3. The number of imidazole rings is 1. The van der Waals surface area contributed by atoms with Crippen molar-refractivity contribution in [2.24, 2.45) is 0 Å². The van der Waals surface area contributed by atoms with Gasteiger partial charge in [-0.15, -0.1) is 0 Å². The van der Waals surface area contributed by atoms with E-state index in [9.17, 15) is 4.39 Å². The zero-order valence-corrected chi connectivity index (χ0v) is 11.3. The van der Waals surface area contributed by atoms with Gasteiger partial charge in [-0.1, -0.05) is 0 Å². The van der Waals surface area contributed by atoms with Gasteiger partial charge < -0.3 is 10.5 Å². The number of halogens is 1. The molecule has 1 aromatic carbocycles. The van der Waals surface area contributed by atoms with Crippen LogP contribution in [-0.4, -0.2) is 21.6 Å². The number of pyridine rings is 1. The molecule has 0 aliphatic carbocycles. The molecule has 0 spiro atoms. The van der Waals surface area contributed by atoms with Crippen molar-refractivity contribution in [2.45, 2.75) is 0 Å². The van der Waals surface area contributed by atoms with Crippen molar-refractivity contribution in [2.75, 3.05) is 12.8 Å². The summed E-state index contributed by atoms with van der Waals surface area (Å²) in [5, 5.41) is 0. The summed E-state index contributed by atoms with van der Waals surface area (Å²) < 4.78 is 20.3. The standard InChI is InChI=1S/C15H13FN4O/c1-21-14-6-11(3-4-12(14)16)20-9-18-8-13(20)10-2-5-15(17)19-7-10/h2-9H,1H3,(H2,17,19). The first-order valence-electron chi connectivity index (χ1n) is 6.27. The molecule has 5 nitrogen and oxygen atoms in total. The third-order valence-electron chi connectivity index (χ3n) is 3.13. The maximum Gasteiger partial charge on any atom is 0.165 e. The van der Waals surface area contributed by atoms with Gasteiger partial charge in [-0.25, -0.2) is 14.4 Å². The van der Waals surface area contributed by atoms with Crippen LogP contribution in [0.2, 0.25) is 0 Å². The molecule has 6 heteroatoms. The van der Waals surface area contributed by atoms with Crippen molar-refractivity contribution in [3.8, 4) is 22.7 Å². The summed E-state index contributed by atoms with van der Waals surface area (Å²) in [5.74, 6) is 0.230. The molecule has 0 bridgehead atoms. The molecule has 2 aromatic heterocycles. The first-order valence-corrected chi connectivity index (χ1v) is 6.27. The van der Waals surface area contributed by atoms with Crippen molar-refractivity contribution in [3.05, 3.63) is 54.9 Å². The van der Waals surface area contributed by atoms with E-state index in [4.69, 9.17) is 10.5 Å². The molecular formula is C15H13FN4O. The van der Waals surface area contributed by atoms with Crippen LogP contribution in [0.4, 0.5) is 10.2 Å². The van der Waals surface area contributed by atoms with Gasteiger partial charge in [-0.3, -0.25) is 4.57 Å². The molecule has 3 aromatic rings. The summed E-state index contributed by atoms with van der Waals surface area (Å²) in [6.07, 6.45) is 5.03. The van der Waals surface area contributed by atoms with Crippen LogP contribution in [0.1, 0.15) is 0 Å². The minimum absolute atomic E-state index is 0.183. The summed E-state index contributed by atoms with van der Waals surface area (Å²) in [5.41, 5.74) is 8.04. The molecule has 0 amide bonds. The van der Waals surface area contributed by atoms with E-state index in [0.717, 1.165) is 16.9 Å². The van der Waals surface area contributed by atoms with Crippen molar-refractivity contribution in [1.82, 2.24) is 14.5 Å². The van der Waals surface area contributed by atoms with E-state index in [2.05, 4.69) is 9.97 Å². The molecule has 106 valence electrons. The van der Waals surface area contributed by atoms with Crippen molar-refractivity contribution in [1.29, 1.82) is 0 Å². The Kier molecular flexibility index (Phi) is 3.27. The quantitative estimate of drug-likeness (QED) is 0.803. The molecular weight excluding hydrogens is 271 g/mol. The Morgan fingerprint density at radius 2 is 2.05 bits per heavy atom. The van der Waals surface area contributed by atoms with E-state index in [0.29, 0.717) is 5.82 Å². The Morgan fingerprint density at radius 3 is 2.76 bits per heavy atom. The Bertz CT molecular complexity index is 768. The Hall–Kier alpha value is -2.89. The summed E-state index contributed by atoms with van der Waals surface area (Å²) in [4.78, 5) is 8.21. The molecule has 0 saturated carbocycles. The van der Waals surface area contributed by atoms with E-state index in [1.807, 2.05) is 10.6 Å². The number of nitrogens with zero attached hydrogens (tertiary/aromatic N) is 3. The van der Waals surface area contributed by atoms with Gasteiger partial charge in [-0.2, -0.15) is 0 Å². The Balaban J connectivity index is 2.08. The summed E-state index contributed by atoms with van der Waals surface area (Å²) in [6.45, 7) is 0. The number of benzene rings is 1. The van der Waals surface area contributed by atoms with E-state index in [-0.39, 0.29) is 5.75 Å². The molecule has 2 N–H and O–H groups in total. The molecule has 2 heterocycles. The largest absolute Gasteiger partial charge is 0.494 e. The van der Waals surface area contributed by atoms with E-state index < -0.39 is 5.82 Å². The van der Waals surface area contributed by atoms with Gasteiger partial charge in [0.25, 0.3) is 0 Å². The highest BCUT2D eigenvalue weighted by Crippen LogP contribution is 2.26. The van der Waals surface area contributed by atoms with Crippen LogP contribution in [-0.2, 0) is 0 Å². The lowest BCUT2D eigenvalue weighted by Crippen LogP contribution is -1.98. The molecule has 0 radical (unpaired) electrons. The Labute approximate surface area is 120 Å². The summed E-state index contributed by atoms with van der Waals surface area (Å²) in [6, 6.07) is 8.21. The van der Waals surface area contributed by atoms with Gasteiger partial charge in [0.15, 0.2) is 11.6 Å². The van der Waals surface area contributed by atoms with Crippen LogP contribution >= 0.6 is 0 Å². The summed E-state index contributed by atoms with van der Waals surface area (Å²) >= 11 is 0. The first-order chi connectivity index (χ1) is 10.2. The third kappa shape index (κ3) is 2.43. The summed E-state index contributed by atoms with van der Waals surface area (Å²) in [7, 11) is 1.43. The van der Waals surface area contributed by atoms with Crippen LogP contribution in [0.5, 0.6) is 5.75 Å². The average Bonchev–Trinajstić information content (AvgIpc) is 2.98. The fourth-order valence-corrected chi connectivity index (χ4v) is 2.07. The van der Waals surface area contributed by atoms with Crippen molar-refractivity contribution < 1.29 is 9.13 Å². The van der Waals surface area contributed by atoms with Crippen LogP contribution in [0.25, 0.3) is 16.9 Å². The average molecular weight is 284 g/mol. The fourth-order valence-electron chi connectivity index (χ4n) is 2.07. The highest BCUT2D eigenvalue weighted by Gasteiger charge is 2.10. The lowest BCUT2D eigenvalue weighted by atomic mass is 10.2. The minimum Gasteiger partial charge on any atom is -0.494 e. The topological polar surface area (TPSA) is 66.0 Å². The molecule has 21 heavy (non-hydrogen) atoms. The number of anilines is 1. The van der Waals surface area contributed by atoms with E-state index >= 15 is 0 Å². The zero-order valence-electron chi connectivity index (χ0n) is 11.3. The molecule has 0 atom stereocenters. The molecule has 0 unspecified atom stereocenters. The van der Waals surface area contributed by atoms with E-state index in [1.165, 1.54) is 13.2 Å². The van der Waals surface area contributed by atoms with Gasteiger partial charge >= 0.3 is 0 Å². The third-order valence-corrected chi connectivity index (χ3v) is 3.13. The first kappa shape index (κ1) is 13.1. The lowest BCUT2D eigenvalue weighted by molar-refractivity contribution is 0.386. The van der Waals surface area contributed by atoms with Crippen LogP contribution in [0, 0.1) is 5.82 Å². The number of rotatable bonds is 3. The minimum atomic E-state index is -0.405. The van der Waals surface area contributed by atoms with Crippen LogP contribution < -0.4 is 10.5 Å². The maximum atomic E-state index is 13.5. The van der Waals surface area contributed by atoms with E-state index in [1.54, 1.807) is 36.9 Å². The maximum absolute atomic E-state index is 13.5. The molecule has 0 fully saturated rings. The number of hydrogen-bond acceptors (Lipinski definition) is 4.